The van der Waals surface area contributed by atoms with Crippen molar-refractivity contribution in [1.82, 2.24) is 44.6 Å². The van der Waals surface area contributed by atoms with Crippen LogP contribution in [0.15, 0.2) is 54.6 Å². The van der Waals surface area contributed by atoms with Crippen LogP contribution < -0.4 is 28.4 Å². The summed E-state index contributed by atoms with van der Waals surface area (Å²) in [6.45, 7) is 19.3. The molecule has 3 amide bonds. The fraction of sp³-hybridized carbons (Fsp3) is 0.667. The molecule has 3 radical (unpaired) electrons. The molecular formula is C99H126F6N9O18V3-3. The predicted octanol–water partition coefficient (Wildman–Crippen LogP) is 16.4. The van der Waals surface area contributed by atoms with Crippen LogP contribution in [0.2, 0.25) is 0 Å². The number of fused-ring (bicyclic) bond motifs is 15. The van der Waals surface area contributed by atoms with Gasteiger partial charge in [-0.05, 0) is 181 Å². The summed E-state index contributed by atoms with van der Waals surface area (Å²) in [5.74, 6) is -8.16. The zero-order valence-corrected chi connectivity index (χ0v) is 83.6. The Kier molecular flexibility index (Phi) is 37.2. The molecule has 3 aromatic heterocycles. The monoisotopic (exact) mass is 2000 g/mol. The predicted molar refractivity (Wildman–Crippen MR) is 474 cm³/mol. The summed E-state index contributed by atoms with van der Waals surface area (Å²) in [7, 11) is 4.60. The SMILES string of the molecule is COc1ccc2nc3c(nc2c1)O[C@H]1CN(C(=O)[C@H](C(C)(C)C)CC(=O)O[C@@H]2CCC[C@H]2CCCCC3)[C@H]([C-]=O)[C@@H]1C(F)F.COc1ccc2nc3c(nc2c1)O[C@H]1CN(C(=O)[C@H](C(C)(C)C)CC(=O)O[C@]2(C)CCC[C@H]2CCCCC3)[C@H]([C-]=O)[C@@H]1C(F)F.COc1ccc2nc3c(nc2c1)O[C@H]1CN(C(=O)[C@H](C(C)(C)C)CC(=O)O[C@]2(C)C[C@H]2CCCCC3)[C@H]([C-]=O)[C@@H]1C(F)F.[V].[V].[V]. The molecule has 0 spiro atoms. The van der Waals surface area contributed by atoms with E-state index in [2.05, 4.69) is 15.0 Å². The van der Waals surface area contributed by atoms with Crippen molar-refractivity contribution in [1.29, 1.82) is 0 Å². The van der Waals surface area contributed by atoms with Gasteiger partial charge in [-0.25, -0.2) is 75.1 Å². The molecule has 36 heteroatoms. The average molecular weight is 2000 g/mol. The van der Waals surface area contributed by atoms with Gasteiger partial charge in [-0.15, -0.1) is 0 Å². The van der Waals surface area contributed by atoms with Gasteiger partial charge in [-0.3, -0.25) is 28.8 Å². The molecular weight excluding hydrogens is 1870 g/mol. The number of alkyl halides is 6. The molecule has 0 N–H and O–H groups in total. The van der Waals surface area contributed by atoms with Crippen LogP contribution in [-0.4, -0.2) is 213 Å². The van der Waals surface area contributed by atoms with E-state index in [1.807, 2.05) is 55.4 Å². The zero-order valence-electron chi connectivity index (χ0n) is 79.4. The molecule has 3 saturated heterocycles. The van der Waals surface area contributed by atoms with Crippen LogP contribution in [0.5, 0.6) is 34.9 Å². The van der Waals surface area contributed by atoms with E-state index in [1.54, 1.807) is 94.2 Å². The van der Waals surface area contributed by atoms with E-state index in [9.17, 15) is 69.5 Å². The summed E-state index contributed by atoms with van der Waals surface area (Å²) in [5.41, 5.74) is 1.50. The molecule has 6 bridgehead atoms. The molecule has 9 heterocycles. The van der Waals surface area contributed by atoms with Gasteiger partial charge in [0, 0.05) is 79.8 Å². The molecule has 135 heavy (non-hydrogen) atoms. The number of methoxy groups -OCH3 is 3. The molecule has 6 aliphatic heterocycles. The van der Waals surface area contributed by atoms with Crippen LogP contribution >= 0.6 is 0 Å². The van der Waals surface area contributed by atoms with E-state index in [0.717, 1.165) is 137 Å². The second-order valence-corrected chi connectivity index (χ2v) is 40.8. The second-order valence-electron chi connectivity index (χ2n) is 40.8. The van der Waals surface area contributed by atoms with E-state index >= 15 is 0 Å². The van der Waals surface area contributed by atoms with Crippen molar-refractivity contribution in [2.45, 2.75) is 310 Å². The third-order valence-corrected chi connectivity index (χ3v) is 28.7. The minimum absolute atomic E-state index is 0. The Balaban J connectivity index is 0.000000207. The number of halogens is 6. The van der Waals surface area contributed by atoms with Gasteiger partial charge in [0.1, 0.15) is 69.9 Å². The number of hydrogen-bond donors (Lipinski definition) is 0. The molecule has 27 nitrogen and oxygen atoms in total. The Morgan fingerprint density at radius 2 is 0.711 bits per heavy atom. The third-order valence-electron chi connectivity index (χ3n) is 28.7. The first-order chi connectivity index (χ1) is 62.7. The number of rotatable bonds is 9. The fourth-order valence-corrected chi connectivity index (χ4v) is 20.7. The molecule has 6 aromatic rings. The van der Waals surface area contributed by atoms with Crippen molar-refractivity contribution in [3.63, 3.8) is 0 Å². The Bertz CT molecular complexity index is 5170. The normalized spacial score (nSPS) is 29.2. The van der Waals surface area contributed by atoms with Gasteiger partial charge < -0.3 is 71.7 Å². The quantitative estimate of drug-likeness (QED) is 0.0562. The largest absolute Gasteiger partial charge is 0.540 e. The first kappa shape index (κ1) is 109. The van der Waals surface area contributed by atoms with Crippen molar-refractivity contribution in [3.8, 4) is 34.9 Å². The molecule has 15 rings (SSSR count). The first-order valence-corrected chi connectivity index (χ1v) is 46.7. The van der Waals surface area contributed by atoms with Crippen LogP contribution in [0, 0.1) is 69.5 Å². The molecule has 18 atom stereocenters. The molecule has 3 saturated carbocycles. The number of nitrogens with zero attached hydrogens (tertiary/aromatic N) is 9. The number of aryl methyl sites for hydroxylation is 3. The van der Waals surface area contributed by atoms with Gasteiger partial charge >= 0.3 is 17.9 Å². The smallest absolute Gasteiger partial charge is 0.307 e. The van der Waals surface area contributed by atoms with Crippen LogP contribution in [0.4, 0.5) is 26.3 Å². The molecule has 735 valence electrons. The van der Waals surface area contributed by atoms with Gasteiger partial charge in [0.2, 0.25) is 54.6 Å². The van der Waals surface area contributed by atoms with Gasteiger partial charge in [-0.2, -0.15) is 0 Å². The molecule has 6 fully saturated rings. The van der Waals surface area contributed by atoms with Crippen LogP contribution in [0.3, 0.4) is 0 Å². The molecule has 3 aliphatic carbocycles. The number of amides is 3. The zero-order chi connectivity index (χ0) is 95.2. The summed E-state index contributed by atoms with van der Waals surface area (Å²) in [6.07, 6.45) is 9.76. The van der Waals surface area contributed by atoms with E-state index in [1.165, 1.54) is 21.3 Å². The van der Waals surface area contributed by atoms with E-state index in [-0.39, 0.29) is 136 Å². The Labute approximate surface area is 821 Å². The molecule has 0 unspecified atom stereocenters. The minimum atomic E-state index is -2.98. The van der Waals surface area contributed by atoms with E-state index in [0.29, 0.717) is 86.7 Å². The summed E-state index contributed by atoms with van der Waals surface area (Å²) in [5, 5.41) is 0. The van der Waals surface area contributed by atoms with Crippen molar-refractivity contribution < 1.29 is 168 Å². The van der Waals surface area contributed by atoms with Gasteiger partial charge in [-0.1, -0.05) is 119 Å². The first-order valence-electron chi connectivity index (χ1n) is 46.7. The minimum Gasteiger partial charge on any atom is -0.540 e. The second kappa shape index (κ2) is 46.2. The maximum absolute atomic E-state index is 14.7. The van der Waals surface area contributed by atoms with Crippen LogP contribution in [0.25, 0.3) is 33.1 Å². The average Bonchev–Trinajstić information content (AvgIpc) is 1.62. The number of hydrogen-bond acceptors (Lipinski definition) is 24. The number of esters is 3. The van der Waals surface area contributed by atoms with E-state index in [4.69, 9.17) is 57.6 Å². The third kappa shape index (κ3) is 25.5. The summed E-state index contributed by atoms with van der Waals surface area (Å²) in [4.78, 5) is 150. The number of aromatic nitrogens is 6. The molecule has 9 aliphatic rings. The topological polar surface area (TPSA) is 324 Å². The summed E-state index contributed by atoms with van der Waals surface area (Å²) >= 11 is 0. The summed E-state index contributed by atoms with van der Waals surface area (Å²) in [6, 6.07) is 11.1. The summed E-state index contributed by atoms with van der Waals surface area (Å²) < 4.78 is 140. The number of benzene rings is 3. The van der Waals surface area contributed by atoms with Crippen LogP contribution in [0.1, 0.15) is 235 Å². The van der Waals surface area contributed by atoms with Crippen LogP contribution in [-0.2, 0) is 132 Å². The molecule has 3 aromatic carbocycles. The van der Waals surface area contributed by atoms with Crippen molar-refractivity contribution >= 4 is 87.6 Å². The fourth-order valence-electron chi connectivity index (χ4n) is 20.7. The Morgan fingerprint density at radius 3 is 1.05 bits per heavy atom. The standard InChI is InChI=1S/C34H44F2N3O6.C33H42F2N3O6.C32H40F2N3O6.3V/c1-33(2,3)22-17-28(41)45-34(4)15-9-11-20(34)10-7-6-8-12-24-31(38-25-16-21(43-5)13-14-23(25)37-24)44-27-18-39(32(22)42)26(19-40)29(27)30(35)36;1-33(2,3)21-16-28(40)43-26-12-8-10-19(26)9-6-5-7-11-23-31(37-24-15-20(42-4)13-14-22(24)36-23)44-27-17-38(32(21)41)25(18-39)29(27)30(34)35;1-31(2,3)20-14-26(39)43-32(4)15-18(32)9-7-6-8-10-22-29(36-23-13-19(41-5)11-12-21(23)35-22)42-25-16-37(30(20)40)24(17-38)27(25)28(33)34;;;/h13-14,16,20,22,26-27,29-30H,6-12,15,17-18H2,1-5H3;13-15,19,21,25-27,29-30H,5-12,16-17H2,1-4H3;11-13,18,20,24-25,27-28H,6-10,14-16H2,1-5H3;;;/q3*-1;;;/t20-,22-,26-,27+,29+,34-;19-,21-,25-,26-,27+,29+;18-,20-,24-,25+,27+,32-;;;/m111.../s1. The maximum atomic E-state index is 14.7. The van der Waals surface area contributed by atoms with E-state index < -0.39 is 154 Å². The van der Waals surface area contributed by atoms with Crippen molar-refractivity contribution in [3.05, 3.63) is 71.7 Å². The number of carbonyl (C=O) groups excluding carboxylic acids is 9. The number of ether oxygens (including phenoxy) is 9. The van der Waals surface area contributed by atoms with Gasteiger partial charge in [0.05, 0.1) is 129 Å². The van der Waals surface area contributed by atoms with Crippen molar-refractivity contribution in [2.75, 3.05) is 41.0 Å². The Hall–Kier alpha value is -8.36. The van der Waals surface area contributed by atoms with Crippen molar-refractivity contribution in [2.24, 2.45) is 69.5 Å². The Morgan fingerprint density at radius 1 is 0.385 bits per heavy atom. The van der Waals surface area contributed by atoms with Gasteiger partial charge in [0.15, 0.2) is 0 Å². The number of carbonyl (C=O) groups is 6. The van der Waals surface area contributed by atoms with Gasteiger partial charge in [0.25, 0.3) is 0 Å². The maximum Gasteiger partial charge on any atom is 0.307 e.